The lowest BCUT2D eigenvalue weighted by atomic mass is 10.0. The average Bonchev–Trinajstić information content (AvgIpc) is 3.17. The number of aromatic amines is 1. The highest BCUT2D eigenvalue weighted by Crippen LogP contribution is 2.36. The largest absolute Gasteiger partial charge is 0.493 e. The number of ether oxygens (including phenoxy) is 2. The molecule has 2 N–H and O–H groups in total. The number of aliphatic hydroxyl groups is 1. The van der Waals surface area contributed by atoms with Gasteiger partial charge in [0.05, 0.1) is 37.4 Å². The van der Waals surface area contributed by atoms with Gasteiger partial charge in [-0.25, -0.2) is 14.8 Å². The maximum absolute atomic E-state index is 12.7. The Hall–Kier alpha value is -3.59. The van der Waals surface area contributed by atoms with Crippen molar-refractivity contribution in [1.82, 2.24) is 19.5 Å². The SMILES string of the molecule is COc1cc2ncnc(N3CCC(n4c(=O)[nH]c5cc(CO)ccc54)CC3)c2cc1OC. The Morgan fingerprint density at radius 1 is 1.09 bits per heavy atom. The molecule has 1 aliphatic heterocycles. The van der Waals surface area contributed by atoms with Crippen LogP contribution in [-0.4, -0.2) is 51.9 Å². The van der Waals surface area contributed by atoms with Crippen LogP contribution in [0.25, 0.3) is 21.9 Å². The van der Waals surface area contributed by atoms with E-state index >= 15 is 0 Å². The summed E-state index contributed by atoms with van der Waals surface area (Å²) in [7, 11) is 3.22. The van der Waals surface area contributed by atoms with E-state index in [9.17, 15) is 9.90 Å². The molecule has 9 nitrogen and oxygen atoms in total. The van der Waals surface area contributed by atoms with Crippen LogP contribution in [-0.2, 0) is 6.61 Å². The monoisotopic (exact) mass is 435 g/mol. The average molecular weight is 435 g/mol. The van der Waals surface area contributed by atoms with Gasteiger partial charge in [0.1, 0.15) is 12.1 Å². The molecule has 0 atom stereocenters. The zero-order valence-corrected chi connectivity index (χ0v) is 18.0. The Morgan fingerprint density at radius 2 is 1.84 bits per heavy atom. The summed E-state index contributed by atoms with van der Waals surface area (Å²) in [6.07, 6.45) is 3.19. The molecule has 5 rings (SSSR count). The van der Waals surface area contributed by atoms with Gasteiger partial charge in [0.15, 0.2) is 11.5 Å². The second-order valence-electron chi connectivity index (χ2n) is 7.95. The van der Waals surface area contributed by atoms with Gasteiger partial charge in [0, 0.05) is 30.6 Å². The van der Waals surface area contributed by atoms with E-state index in [2.05, 4.69) is 19.9 Å². The summed E-state index contributed by atoms with van der Waals surface area (Å²) in [6.45, 7) is 1.48. The van der Waals surface area contributed by atoms with Gasteiger partial charge in [-0.15, -0.1) is 0 Å². The molecule has 2 aromatic heterocycles. The van der Waals surface area contributed by atoms with Gasteiger partial charge in [-0.1, -0.05) is 6.07 Å². The molecule has 0 spiro atoms. The molecule has 9 heteroatoms. The third kappa shape index (κ3) is 3.34. The molecule has 166 valence electrons. The summed E-state index contributed by atoms with van der Waals surface area (Å²) in [6, 6.07) is 9.46. The number of anilines is 1. The first-order chi connectivity index (χ1) is 15.6. The van der Waals surface area contributed by atoms with Gasteiger partial charge in [0.25, 0.3) is 0 Å². The van der Waals surface area contributed by atoms with Crippen LogP contribution < -0.4 is 20.1 Å². The summed E-state index contributed by atoms with van der Waals surface area (Å²) < 4.78 is 12.7. The Labute approximate surface area is 184 Å². The van der Waals surface area contributed by atoms with Crippen molar-refractivity contribution >= 4 is 27.8 Å². The fourth-order valence-corrected chi connectivity index (χ4v) is 4.60. The van der Waals surface area contributed by atoms with Crippen LogP contribution in [0.2, 0.25) is 0 Å². The maximum Gasteiger partial charge on any atom is 0.326 e. The number of imidazole rings is 1. The molecule has 3 heterocycles. The van der Waals surface area contributed by atoms with E-state index in [4.69, 9.17) is 9.47 Å². The van der Waals surface area contributed by atoms with Crippen molar-refractivity contribution in [2.24, 2.45) is 0 Å². The van der Waals surface area contributed by atoms with Crippen molar-refractivity contribution in [1.29, 1.82) is 0 Å². The minimum atomic E-state index is -0.113. The molecule has 0 saturated carbocycles. The molecule has 2 aromatic carbocycles. The Morgan fingerprint density at radius 3 is 2.56 bits per heavy atom. The maximum atomic E-state index is 12.7. The molecule has 0 unspecified atom stereocenters. The van der Waals surface area contributed by atoms with Crippen LogP contribution in [0.1, 0.15) is 24.4 Å². The Kier molecular flexibility index (Phi) is 5.18. The number of hydrogen-bond donors (Lipinski definition) is 2. The molecule has 1 fully saturated rings. The molecular formula is C23H25N5O4. The standard InChI is InChI=1S/C23H25N5O4/c1-31-20-10-16-17(11-21(20)32-2)24-13-25-22(16)27-7-5-15(6-8-27)28-19-4-3-14(12-29)9-18(19)26-23(28)30/h3-4,9-11,13,15,29H,5-8,12H2,1-2H3,(H,26,30). The lowest BCUT2D eigenvalue weighted by molar-refractivity contribution is 0.282. The van der Waals surface area contributed by atoms with E-state index < -0.39 is 0 Å². The molecule has 4 aromatic rings. The molecule has 32 heavy (non-hydrogen) atoms. The highest BCUT2D eigenvalue weighted by atomic mass is 16.5. The highest BCUT2D eigenvalue weighted by Gasteiger charge is 2.26. The second kappa shape index (κ2) is 8.16. The first kappa shape index (κ1) is 20.3. The molecule has 0 bridgehead atoms. The third-order valence-electron chi connectivity index (χ3n) is 6.21. The van der Waals surface area contributed by atoms with E-state index in [1.54, 1.807) is 20.5 Å². The van der Waals surface area contributed by atoms with Gasteiger partial charge in [-0.3, -0.25) is 4.57 Å². The van der Waals surface area contributed by atoms with Gasteiger partial charge >= 0.3 is 5.69 Å². The predicted octanol–water partition coefficient (Wildman–Crippen LogP) is 2.62. The van der Waals surface area contributed by atoms with Crippen LogP contribution in [0.5, 0.6) is 11.5 Å². The number of methoxy groups -OCH3 is 2. The summed E-state index contributed by atoms with van der Waals surface area (Å²) in [5.74, 6) is 2.12. The third-order valence-corrected chi connectivity index (χ3v) is 6.21. The van der Waals surface area contributed by atoms with E-state index in [0.717, 1.165) is 59.2 Å². The predicted molar refractivity (Wildman–Crippen MR) is 122 cm³/mol. The molecule has 0 radical (unpaired) electrons. The topological polar surface area (TPSA) is 106 Å². The number of piperidine rings is 1. The zero-order chi connectivity index (χ0) is 22.2. The number of rotatable bonds is 5. The molecule has 0 aliphatic carbocycles. The van der Waals surface area contributed by atoms with E-state index in [0.29, 0.717) is 11.5 Å². The highest BCUT2D eigenvalue weighted by molar-refractivity contribution is 5.92. The smallest absolute Gasteiger partial charge is 0.326 e. The van der Waals surface area contributed by atoms with Gasteiger partial charge < -0.3 is 24.5 Å². The number of nitrogens with one attached hydrogen (secondary N) is 1. The second-order valence-corrected chi connectivity index (χ2v) is 7.95. The number of H-pyrrole nitrogens is 1. The fraction of sp³-hybridized carbons (Fsp3) is 0.348. The van der Waals surface area contributed by atoms with E-state index in [1.165, 1.54) is 0 Å². The quantitative estimate of drug-likeness (QED) is 0.496. The normalized spacial score (nSPS) is 14.9. The van der Waals surface area contributed by atoms with Gasteiger partial charge in [-0.2, -0.15) is 0 Å². The lowest BCUT2D eigenvalue weighted by Crippen LogP contribution is -2.37. The Balaban J connectivity index is 1.43. The van der Waals surface area contributed by atoms with Crippen molar-refractivity contribution < 1.29 is 14.6 Å². The van der Waals surface area contributed by atoms with E-state index in [1.807, 2.05) is 34.9 Å². The lowest BCUT2D eigenvalue weighted by Gasteiger charge is -2.33. The van der Waals surface area contributed by atoms with Crippen LogP contribution >= 0.6 is 0 Å². The Bertz CT molecular complexity index is 1340. The number of benzene rings is 2. The number of nitrogens with zero attached hydrogens (tertiary/aromatic N) is 4. The zero-order valence-electron chi connectivity index (χ0n) is 18.0. The van der Waals surface area contributed by atoms with Gasteiger partial charge in [0.2, 0.25) is 0 Å². The van der Waals surface area contributed by atoms with E-state index in [-0.39, 0.29) is 18.3 Å². The number of fused-ring (bicyclic) bond motifs is 2. The van der Waals surface area contributed by atoms with Crippen LogP contribution in [0.3, 0.4) is 0 Å². The molecule has 1 saturated heterocycles. The minimum absolute atomic E-state index is 0.0505. The summed E-state index contributed by atoms with van der Waals surface area (Å²) in [4.78, 5) is 26.8. The number of aliphatic hydroxyl groups excluding tert-OH is 1. The van der Waals surface area contributed by atoms with Crippen LogP contribution in [0.4, 0.5) is 5.82 Å². The van der Waals surface area contributed by atoms with Crippen molar-refractivity contribution in [3.63, 3.8) is 0 Å². The summed E-state index contributed by atoms with van der Waals surface area (Å²) >= 11 is 0. The van der Waals surface area contributed by atoms with Crippen molar-refractivity contribution in [3.8, 4) is 11.5 Å². The fourth-order valence-electron chi connectivity index (χ4n) is 4.60. The summed E-state index contributed by atoms with van der Waals surface area (Å²) in [5.41, 5.74) is 3.09. The van der Waals surface area contributed by atoms with Crippen molar-refractivity contribution in [2.45, 2.75) is 25.5 Å². The molecule has 0 amide bonds. The summed E-state index contributed by atoms with van der Waals surface area (Å²) in [5, 5.41) is 10.3. The number of hydrogen-bond acceptors (Lipinski definition) is 7. The first-order valence-corrected chi connectivity index (χ1v) is 10.6. The first-order valence-electron chi connectivity index (χ1n) is 10.6. The molecule has 1 aliphatic rings. The van der Waals surface area contributed by atoms with Crippen LogP contribution in [0.15, 0.2) is 41.5 Å². The number of aromatic nitrogens is 4. The van der Waals surface area contributed by atoms with Crippen molar-refractivity contribution in [3.05, 3.63) is 52.7 Å². The van der Waals surface area contributed by atoms with Gasteiger partial charge in [-0.05, 0) is 36.6 Å². The van der Waals surface area contributed by atoms with Crippen molar-refractivity contribution in [2.75, 3.05) is 32.2 Å². The van der Waals surface area contributed by atoms with Crippen LogP contribution in [0, 0.1) is 0 Å². The molecular weight excluding hydrogens is 410 g/mol. The minimum Gasteiger partial charge on any atom is -0.493 e.